The summed E-state index contributed by atoms with van der Waals surface area (Å²) in [7, 11) is 1.53. The highest BCUT2D eigenvalue weighted by Crippen LogP contribution is 2.42. The number of hydrogen-bond acceptors (Lipinski definition) is 5. The molecule has 2 amide bonds. The van der Waals surface area contributed by atoms with Crippen molar-refractivity contribution in [2.45, 2.75) is 37.8 Å². The minimum absolute atomic E-state index is 0.0253. The largest absolute Gasteiger partial charge is 0.375 e. The van der Waals surface area contributed by atoms with Gasteiger partial charge in [0.05, 0.1) is 23.9 Å². The van der Waals surface area contributed by atoms with Crippen LogP contribution in [0, 0.1) is 0 Å². The van der Waals surface area contributed by atoms with Crippen molar-refractivity contribution in [2.75, 3.05) is 33.4 Å². The predicted octanol–water partition coefficient (Wildman–Crippen LogP) is 0.716. The van der Waals surface area contributed by atoms with Crippen LogP contribution in [0.4, 0.5) is 0 Å². The number of aromatic nitrogens is 4. The van der Waals surface area contributed by atoms with Gasteiger partial charge in [-0.05, 0) is 19.8 Å². The van der Waals surface area contributed by atoms with Gasteiger partial charge in [-0.1, -0.05) is 0 Å². The molecule has 0 bridgehead atoms. The maximum Gasteiger partial charge on any atom is 0.249 e. The van der Waals surface area contributed by atoms with E-state index >= 15 is 0 Å². The van der Waals surface area contributed by atoms with Crippen LogP contribution in [0.1, 0.15) is 37.2 Å². The van der Waals surface area contributed by atoms with Crippen LogP contribution in [0.2, 0.25) is 0 Å². The summed E-state index contributed by atoms with van der Waals surface area (Å²) in [4.78, 5) is 41.3. The van der Waals surface area contributed by atoms with Crippen LogP contribution in [-0.2, 0) is 26.3 Å². The number of nitrogens with zero attached hydrogens (tertiary/aromatic N) is 5. The quantitative estimate of drug-likeness (QED) is 0.835. The van der Waals surface area contributed by atoms with Crippen LogP contribution in [0.25, 0.3) is 0 Å². The topological polar surface area (TPSA) is 96.4 Å². The van der Waals surface area contributed by atoms with Crippen molar-refractivity contribution in [3.63, 3.8) is 0 Å². The third kappa shape index (κ3) is 2.99. The maximum atomic E-state index is 12.9. The maximum absolute atomic E-state index is 12.9. The van der Waals surface area contributed by atoms with E-state index < -0.39 is 5.54 Å². The average Bonchev–Trinajstić information content (AvgIpc) is 3.40. The molecule has 2 aromatic rings. The molecule has 1 N–H and O–H groups in total. The molecule has 0 aliphatic carbocycles. The van der Waals surface area contributed by atoms with Crippen LogP contribution in [-0.4, -0.2) is 74.5 Å². The van der Waals surface area contributed by atoms with Gasteiger partial charge in [0.15, 0.2) is 0 Å². The Morgan fingerprint density at radius 1 is 1.32 bits per heavy atom. The fourth-order valence-corrected chi connectivity index (χ4v) is 4.54. The zero-order valence-corrected chi connectivity index (χ0v) is 16.3. The van der Waals surface area contributed by atoms with Gasteiger partial charge in [0.1, 0.15) is 12.6 Å². The Morgan fingerprint density at radius 3 is 2.79 bits per heavy atom. The highest BCUT2D eigenvalue weighted by atomic mass is 16.5. The number of amides is 2. The van der Waals surface area contributed by atoms with Gasteiger partial charge in [-0.15, -0.1) is 0 Å². The predicted molar refractivity (Wildman–Crippen MR) is 100 cm³/mol. The summed E-state index contributed by atoms with van der Waals surface area (Å²) in [6.45, 7) is 3.75. The van der Waals surface area contributed by atoms with Crippen LogP contribution < -0.4 is 0 Å². The molecule has 9 heteroatoms. The SMILES string of the molecule is COCC(=O)N1CCc2[nH]cnc2C12CCN(C(=O)C(C)n1ccnc1)CC2. The van der Waals surface area contributed by atoms with E-state index in [0.29, 0.717) is 32.5 Å². The molecular weight excluding hydrogens is 360 g/mol. The van der Waals surface area contributed by atoms with Gasteiger partial charge in [0.2, 0.25) is 11.8 Å². The summed E-state index contributed by atoms with van der Waals surface area (Å²) in [5, 5.41) is 0. The van der Waals surface area contributed by atoms with E-state index in [1.54, 1.807) is 25.0 Å². The normalized spacial score (nSPS) is 19.5. The number of imidazole rings is 2. The van der Waals surface area contributed by atoms with Crippen LogP contribution in [0.15, 0.2) is 25.0 Å². The molecule has 1 atom stereocenters. The molecule has 1 fully saturated rings. The number of H-pyrrole nitrogens is 1. The molecule has 1 unspecified atom stereocenters. The van der Waals surface area contributed by atoms with Crippen molar-refractivity contribution >= 4 is 11.8 Å². The molecule has 2 aliphatic heterocycles. The average molecular weight is 386 g/mol. The van der Waals surface area contributed by atoms with Crippen LogP contribution in [0.3, 0.4) is 0 Å². The molecule has 9 nitrogen and oxygen atoms in total. The van der Waals surface area contributed by atoms with Crippen molar-refractivity contribution in [3.05, 3.63) is 36.4 Å². The van der Waals surface area contributed by atoms with Crippen LogP contribution >= 0.6 is 0 Å². The molecular formula is C19H26N6O3. The standard InChI is InChI=1S/C19H26N6O3/c1-14(24-10-6-20-13-24)18(27)23-8-4-19(5-9-23)17-15(21-12-22-17)3-7-25(19)16(26)11-28-2/h6,10,12-14H,3-5,7-9,11H2,1-2H3,(H,21,22). The summed E-state index contributed by atoms with van der Waals surface area (Å²) >= 11 is 0. The van der Waals surface area contributed by atoms with Crippen molar-refractivity contribution in [2.24, 2.45) is 0 Å². The number of rotatable bonds is 4. The van der Waals surface area contributed by atoms with Gasteiger partial charge >= 0.3 is 0 Å². The van der Waals surface area contributed by atoms with E-state index in [0.717, 1.165) is 17.8 Å². The molecule has 2 aliphatic rings. The molecule has 1 saturated heterocycles. The van der Waals surface area contributed by atoms with Crippen LogP contribution in [0.5, 0.6) is 0 Å². The first kappa shape index (κ1) is 18.7. The molecule has 0 saturated carbocycles. The Bertz CT molecular complexity index is 838. The fourth-order valence-electron chi connectivity index (χ4n) is 4.54. The van der Waals surface area contributed by atoms with Crippen molar-refractivity contribution in [1.82, 2.24) is 29.3 Å². The van der Waals surface area contributed by atoms with E-state index in [-0.39, 0.29) is 24.5 Å². The van der Waals surface area contributed by atoms with E-state index in [1.165, 1.54) is 7.11 Å². The molecule has 0 aromatic carbocycles. The third-order valence-electron chi connectivity index (χ3n) is 6.06. The minimum Gasteiger partial charge on any atom is -0.375 e. The smallest absolute Gasteiger partial charge is 0.249 e. The number of fused-ring (bicyclic) bond motifs is 2. The fraction of sp³-hybridized carbons (Fsp3) is 0.579. The summed E-state index contributed by atoms with van der Waals surface area (Å²) in [6, 6.07) is -0.296. The van der Waals surface area contributed by atoms with E-state index in [9.17, 15) is 9.59 Å². The highest BCUT2D eigenvalue weighted by molar-refractivity contribution is 5.81. The number of piperidine rings is 1. The number of carbonyl (C=O) groups excluding carboxylic acids is 2. The van der Waals surface area contributed by atoms with E-state index in [2.05, 4.69) is 15.0 Å². The first-order valence-corrected chi connectivity index (χ1v) is 9.65. The lowest BCUT2D eigenvalue weighted by Gasteiger charge is -2.50. The number of aromatic amines is 1. The summed E-state index contributed by atoms with van der Waals surface area (Å²) in [5.41, 5.74) is 1.56. The second kappa shape index (κ2) is 7.38. The summed E-state index contributed by atoms with van der Waals surface area (Å²) < 4.78 is 6.91. The number of ether oxygens (including phenoxy) is 1. The van der Waals surface area contributed by atoms with Gasteiger partial charge < -0.3 is 24.1 Å². The molecule has 150 valence electrons. The second-order valence-electron chi connectivity index (χ2n) is 7.50. The first-order valence-electron chi connectivity index (χ1n) is 9.65. The molecule has 0 radical (unpaired) electrons. The van der Waals surface area contributed by atoms with E-state index in [1.807, 2.05) is 21.3 Å². The summed E-state index contributed by atoms with van der Waals surface area (Å²) in [6.07, 6.45) is 8.94. The molecule has 4 rings (SSSR count). The number of methoxy groups -OCH3 is 1. The lowest BCUT2D eigenvalue weighted by atomic mass is 9.78. The lowest BCUT2D eigenvalue weighted by Crippen LogP contribution is -2.59. The van der Waals surface area contributed by atoms with Gasteiger partial charge in [0.25, 0.3) is 0 Å². The lowest BCUT2D eigenvalue weighted by molar-refractivity contribution is -0.148. The monoisotopic (exact) mass is 386 g/mol. The Labute approximate surface area is 163 Å². The van der Waals surface area contributed by atoms with Crippen molar-refractivity contribution < 1.29 is 14.3 Å². The highest BCUT2D eigenvalue weighted by Gasteiger charge is 2.49. The van der Waals surface area contributed by atoms with E-state index in [4.69, 9.17) is 4.74 Å². The first-order chi connectivity index (χ1) is 13.6. The van der Waals surface area contributed by atoms with Gasteiger partial charge in [0, 0.05) is 51.3 Å². The molecule has 1 spiro atoms. The third-order valence-corrected chi connectivity index (χ3v) is 6.06. The Hall–Kier alpha value is -2.68. The molecule has 2 aromatic heterocycles. The second-order valence-corrected chi connectivity index (χ2v) is 7.50. The Balaban J connectivity index is 1.55. The van der Waals surface area contributed by atoms with Gasteiger partial charge in [-0.25, -0.2) is 9.97 Å². The molecule has 28 heavy (non-hydrogen) atoms. The Morgan fingerprint density at radius 2 is 2.11 bits per heavy atom. The van der Waals surface area contributed by atoms with Gasteiger partial charge in [-0.3, -0.25) is 9.59 Å². The van der Waals surface area contributed by atoms with Gasteiger partial charge in [-0.2, -0.15) is 0 Å². The van der Waals surface area contributed by atoms with Crippen molar-refractivity contribution in [3.8, 4) is 0 Å². The zero-order valence-electron chi connectivity index (χ0n) is 16.3. The number of hydrogen-bond donors (Lipinski definition) is 1. The summed E-state index contributed by atoms with van der Waals surface area (Å²) in [5.74, 6) is 0.0448. The van der Waals surface area contributed by atoms with Crippen molar-refractivity contribution in [1.29, 1.82) is 0 Å². The minimum atomic E-state index is -0.474. The number of likely N-dealkylation sites (tertiary alicyclic amines) is 1. The zero-order chi connectivity index (χ0) is 19.7. The number of carbonyl (C=O) groups is 2. The molecule has 4 heterocycles. The number of nitrogens with one attached hydrogen (secondary N) is 1. The Kier molecular flexibility index (Phi) is 4.92.